The molecule has 1 aromatic carbocycles. The molecule has 1 heterocycles. The molecule has 0 aliphatic carbocycles. The van der Waals surface area contributed by atoms with Crippen LogP contribution in [0.3, 0.4) is 0 Å². The van der Waals surface area contributed by atoms with Gasteiger partial charge in [-0.15, -0.1) is 0 Å². The molecular weight excluding hydrogens is 238 g/mol. The maximum atomic E-state index is 12.3. The number of hydrogen-bond acceptors (Lipinski definition) is 3. The van der Waals surface area contributed by atoms with Crippen molar-refractivity contribution in [1.82, 2.24) is 10.2 Å². The largest absolute Gasteiger partial charge is 0.318 e. The number of amides is 1. The summed E-state index contributed by atoms with van der Waals surface area (Å²) >= 11 is 0. The zero-order valence-electron chi connectivity index (χ0n) is 12.0. The minimum absolute atomic E-state index is 0.191. The van der Waals surface area contributed by atoms with Gasteiger partial charge in [0.25, 0.3) is 0 Å². The molecule has 2 rings (SSSR count). The second kappa shape index (κ2) is 6.17. The first-order valence-electron chi connectivity index (χ1n) is 6.90. The second-order valence-corrected chi connectivity index (χ2v) is 5.11. The third kappa shape index (κ3) is 2.96. The van der Waals surface area contributed by atoms with Crippen molar-refractivity contribution in [2.45, 2.75) is 19.4 Å². The van der Waals surface area contributed by atoms with E-state index < -0.39 is 0 Å². The van der Waals surface area contributed by atoms with E-state index in [4.69, 9.17) is 0 Å². The fourth-order valence-corrected chi connectivity index (χ4v) is 2.64. The Kier molecular flexibility index (Phi) is 4.56. The highest BCUT2D eigenvalue weighted by Crippen LogP contribution is 2.24. The number of nitrogens with one attached hydrogen (secondary N) is 1. The lowest BCUT2D eigenvalue weighted by molar-refractivity contribution is -0.121. The van der Waals surface area contributed by atoms with Gasteiger partial charge in [-0.25, -0.2) is 0 Å². The number of benzene rings is 1. The van der Waals surface area contributed by atoms with E-state index in [9.17, 15) is 4.79 Å². The molecule has 1 saturated heterocycles. The monoisotopic (exact) mass is 261 g/mol. The number of anilines is 1. The third-order valence-electron chi connectivity index (χ3n) is 3.81. The van der Waals surface area contributed by atoms with Crippen molar-refractivity contribution >= 4 is 11.6 Å². The van der Waals surface area contributed by atoms with E-state index in [1.807, 2.05) is 31.1 Å². The first-order chi connectivity index (χ1) is 9.17. The summed E-state index contributed by atoms with van der Waals surface area (Å²) in [7, 11) is 3.97. The Bertz CT molecular complexity index is 447. The van der Waals surface area contributed by atoms with Crippen LogP contribution in [0.1, 0.15) is 12.5 Å². The number of para-hydroxylation sites is 1. The third-order valence-corrected chi connectivity index (χ3v) is 3.81. The maximum absolute atomic E-state index is 12.3. The molecule has 1 aliphatic rings. The van der Waals surface area contributed by atoms with Gasteiger partial charge in [0.2, 0.25) is 5.91 Å². The zero-order valence-corrected chi connectivity index (χ0v) is 12.0. The summed E-state index contributed by atoms with van der Waals surface area (Å²) in [5.41, 5.74) is 2.31. The Hall–Kier alpha value is -1.39. The normalized spacial score (nSPS) is 20.9. The van der Waals surface area contributed by atoms with E-state index in [1.54, 1.807) is 0 Å². The van der Waals surface area contributed by atoms with Crippen molar-refractivity contribution in [1.29, 1.82) is 0 Å². The molecule has 0 saturated carbocycles. The second-order valence-electron chi connectivity index (χ2n) is 5.11. The smallest absolute Gasteiger partial charge is 0.241 e. The molecule has 0 spiro atoms. The molecule has 4 nitrogen and oxygen atoms in total. The average molecular weight is 261 g/mol. The maximum Gasteiger partial charge on any atom is 0.241 e. The minimum atomic E-state index is 0.191. The van der Waals surface area contributed by atoms with Gasteiger partial charge < -0.3 is 10.2 Å². The number of likely N-dealkylation sites (N-methyl/N-ethyl adjacent to an activating group) is 2. The number of carbonyl (C=O) groups is 1. The molecule has 0 bridgehead atoms. The number of nitrogens with zero attached hydrogens (tertiary/aromatic N) is 2. The standard InChI is InChI=1S/C15H23N3O/c1-4-12-7-5-6-8-14(12)18-10-13(9-16-2)17(3)11-15(18)19/h5-8,13,16H,4,9-11H2,1-3H3. The number of hydrogen-bond donors (Lipinski definition) is 1. The van der Waals surface area contributed by atoms with Crippen molar-refractivity contribution in [3.05, 3.63) is 29.8 Å². The molecule has 0 radical (unpaired) electrons. The molecule has 104 valence electrons. The Morgan fingerprint density at radius 1 is 1.37 bits per heavy atom. The molecule has 1 N–H and O–H groups in total. The van der Waals surface area contributed by atoms with Crippen molar-refractivity contribution in [2.75, 3.05) is 38.6 Å². The van der Waals surface area contributed by atoms with Crippen molar-refractivity contribution in [3.8, 4) is 0 Å². The van der Waals surface area contributed by atoms with E-state index in [0.717, 1.165) is 25.2 Å². The fourth-order valence-electron chi connectivity index (χ4n) is 2.64. The van der Waals surface area contributed by atoms with E-state index in [1.165, 1.54) is 5.56 Å². The molecular formula is C15H23N3O. The van der Waals surface area contributed by atoms with Crippen LogP contribution in [0.15, 0.2) is 24.3 Å². The van der Waals surface area contributed by atoms with Gasteiger partial charge in [0, 0.05) is 24.8 Å². The van der Waals surface area contributed by atoms with Crippen LogP contribution >= 0.6 is 0 Å². The molecule has 1 atom stereocenters. The molecule has 1 aromatic rings. The Morgan fingerprint density at radius 2 is 2.11 bits per heavy atom. The van der Waals surface area contributed by atoms with Gasteiger partial charge in [0.1, 0.15) is 0 Å². The fraction of sp³-hybridized carbons (Fsp3) is 0.533. The van der Waals surface area contributed by atoms with E-state index in [2.05, 4.69) is 29.3 Å². The summed E-state index contributed by atoms with van der Waals surface area (Å²) in [5.74, 6) is 0.191. The lowest BCUT2D eigenvalue weighted by atomic mass is 10.1. The van der Waals surface area contributed by atoms with Crippen LogP contribution in [0, 0.1) is 0 Å². The average Bonchev–Trinajstić information content (AvgIpc) is 2.42. The van der Waals surface area contributed by atoms with E-state index in [-0.39, 0.29) is 5.91 Å². The van der Waals surface area contributed by atoms with Gasteiger partial charge in [-0.05, 0) is 32.1 Å². The predicted octanol–water partition coefficient (Wildman–Crippen LogP) is 1.12. The summed E-state index contributed by atoms with van der Waals surface area (Å²) in [4.78, 5) is 16.4. The SMILES string of the molecule is CCc1ccccc1N1CC(CNC)N(C)CC1=O. The summed E-state index contributed by atoms with van der Waals surface area (Å²) in [6.45, 7) is 4.27. The van der Waals surface area contributed by atoms with E-state index in [0.29, 0.717) is 12.6 Å². The Morgan fingerprint density at radius 3 is 2.79 bits per heavy atom. The van der Waals surface area contributed by atoms with Gasteiger partial charge in [-0.3, -0.25) is 9.69 Å². The molecule has 1 unspecified atom stereocenters. The highest BCUT2D eigenvalue weighted by molar-refractivity contribution is 5.96. The van der Waals surface area contributed by atoms with Gasteiger partial charge in [-0.1, -0.05) is 25.1 Å². The molecule has 0 aromatic heterocycles. The van der Waals surface area contributed by atoms with Crippen LogP contribution in [0.25, 0.3) is 0 Å². The van der Waals surface area contributed by atoms with Crippen LogP contribution in [0.2, 0.25) is 0 Å². The predicted molar refractivity (Wildman–Crippen MR) is 78.5 cm³/mol. The van der Waals surface area contributed by atoms with Crippen molar-refractivity contribution in [2.24, 2.45) is 0 Å². The molecule has 1 amide bonds. The zero-order chi connectivity index (χ0) is 13.8. The van der Waals surface area contributed by atoms with Crippen molar-refractivity contribution in [3.63, 3.8) is 0 Å². The highest BCUT2D eigenvalue weighted by atomic mass is 16.2. The van der Waals surface area contributed by atoms with Gasteiger partial charge >= 0.3 is 0 Å². The number of piperazine rings is 1. The van der Waals surface area contributed by atoms with Crippen LogP contribution in [-0.2, 0) is 11.2 Å². The number of carbonyl (C=O) groups excluding carboxylic acids is 1. The van der Waals surface area contributed by atoms with Crippen LogP contribution in [0.4, 0.5) is 5.69 Å². The topological polar surface area (TPSA) is 35.6 Å². The quantitative estimate of drug-likeness (QED) is 0.882. The van der Waals surface area contributed by atoms with Crippen molar-refractivity contribution < 1.29 is 4.79 Å². The molecule has 4 heteroatoms. The lowest BCUT2D eigenvalue weighted by Crippen LogP contribution is -2.57. The molecule has 1 aliphatic heterocycles. The van der Waals surface area contributed by atoms with E-state index >= 15 is 0 Å². The Labute approximate surface area is 115 Å². The number of rotatable bonds is 4. The number of aryl methyl sites for hydroxylation is 1. The first kappa shape index (κ1) is 14.0. The van der Waals surface area contributed by atoms with Crippen LogP contribution in [-0.4, -0.2) is 50.6 Å². The van der Waals surface area contributed by atoms with Crippen LogP contribution < -0.4 is 10.2 Å². The summed E-state index contributed by atoms with van der Waals surface area (Å²) in [6.07, 6.45) is 0.951. The van der Waals surface area contributed by atoms with Gasteiger partial charge in [0.15, 0.2) is 0 Å². The van der Waals surface area contributed by atoms with Gasteiger partial charge in [-0.2, -0.15) is 0 Å². The van der Waals surface area contributed by atoms with Gasteiger partial charge in [0.05, 0.1) is 6.54 Å². The highest BCUT2D eigenvalue weighted by Gasteiger charge is 2.30. The summed E-state index contributed by atoms with van der Waals surface area (Å²) in [5, 5.41) is 3.20. The molecule has 19 heavy (non-hydrogen) atoms. The minimum Gasteiger partial charge on any atom is -0.318 e. The van der Waals surface area contributed by atoms with Crippen LogP contribution in [0.5, 0.6) is 0 Å². The molecule has 1 fully saturated rings. The summed E-state index contributed by atoms with van der Waals surface area (Å²) in [6, 6.07) is 8.57. The Balaban J connectivity index is 2.25. The first-order valence-corrected chi connectivity index (χ1v) is 6.90. The summed E-state index contributed by atoms with van der Waals surface area (Å²) < 4.78 is 0. The lowest BCUT2D eigenvalue weighted by Gasteiger charge is -2.39.